The summed E-state index contributed by atoms with van der Waals surface area (Å²) in [7, 11) is 0. The molecule has 2 unspecified atom stereocenters. The van der Waals surface area contributed by atoms with Crippen molar-refractivity contribution in [2.45, 2.75) is 50.4 Å². The number of para-hydroxylation sites is 2. The molecule has 0 saturated carbocycles. The fourth-order valence-corrected chi connectivity index (χ4v) is 6.99. The van der Waals surface area contributed by atoms with Gasteiger partial charge in [-0.2, -0.15) is 26.3 Å². The summed E-state index contributed by atoms with van der Waals surface area (Å²) in [4.78, 5) is 43.4. The minimum atomic E-state index is -4.65. The lowest BCUT2D eigenvalue weighted by molar-refractivity contribution is -0.154. The molecule has 6 rings (SSSR count). The van der Waals surface area contributed by atoms with Crippen LogP contribution >= 0.6 is 23.2 Å². The maximum absolute atomic E-state index is 15.9. The van der Waals surface area contributed by atoms with Crippen molar-refractivity contribution >= 4 is 57.1 Å². The van der Waals surface area contributed by atoms with E-state index in [1.165, 1.54) is 57.2 Å². The Labute approximate surface area is 313 Å². The van der Waals surface area contributed by atoms with E-state index >= 15 is 4.79 Å². The van der Waals surface area contributed by atoms with Crippen LogP contribution in [0.5, 0.6) is 5.88 Å². The number of rotatable bonds is 11. The van der Waals surface area contributed by atoms with E-state index in [0.29, 0.717) is 11.0 Å². The molecular formula is C36H29Cl2F6N7O3. The summed E-state index contributed by atoms with van der Waals surface area (Å²) in [5.41, 5.74) is 4.49. The van der Waals surface area contributed by atoms with Crippen LogP contribution in [0.25, 0.3) is 22.1 Å². The molecule has 3 heterocycles. The number of hydrogen-bond acceptors (Lipinski definition) is 6. The number of halogens is 8. The molecule has 3 aromatic carbocycles. The minimum absolute atomic E-state index is 0.149. The standard InChI is InChI=1S/C36H29Cl2F6N7O3/c1-20(22-9-12-24(13-10-22)36(42,43)44)51(21(2)23-11-14-30(46-16-23)54-17-35(39,40)41)33(53)34(15-29(45)52,49-18-47-27-7-3-5-25(37)31(27)49)50-19-48-28-8-4-6-26(38)32(28)50/h3-14,16,18-21H,15,17H2,1-2H3,(H2,45,52). The van der Waals surface area contributed by atoms with E-state index in [-0.39, 0.29) is 38.1 Å². The van der Waals surface area contributed by atoms with Crippen molar-refractivity contribution in [3.63, 3.8) is 0 Å². The number of amides is 2. The van der Waals surface area contributed by atoms with Crippen LogP contribution < -0.4 is 10.5 Å². The lowest BCUT2D eigenvalue weighted by Crippen LogP contribution is -2.57. The summed E-state index contributed by atoms with van der Waals surface area (Å²) in [6.07, 6.45) is -6.19. The van der Waals surface area contributed by atoms with Gasteiger partial charge in [0.05, 0.1) is 68.8 Å². The van der Waals surface area contributed by atoms with Gasteiger partial charge in [0.15, 0.2) is 6.61 Å². The van der Waals surface area contributed by atoms with Gasteiger partial charge in [0.2, 0.25) is 17.5 Å². The first-order chi connectivity index (χ1) is 25.4. The maximum atomic E-state index is 15.9. The first-order valence-electron chi connectivity index (χ1n) is 16.1. The van der Waals surface area contributed by atoms with Gasteiger partial charge in [-0.05, 0) is 61.4 Å². The Kier molecular flexibility index (Phi) is 10.3. The molecule has 0 spiro atoms. The number of alkyl halides is 6. The summed E-state index contributed by atoms with van der Waals surface area (Å²) in [5, 5.41) is 0.299. The van der Waals surface area contributed by atoms with Gasteiger partial charge in [0.1, 0.15) is 0 Å². The van der Waals surface area contributed by atoms with Crippen LogP contribution in [0.3, 0.4) is 0 Å². The topological polar surface area (TPSA) is 121 Å². The van der Waals surface area contributed by atoms with Gasteiger partial charge in [-0.1, -0.05) is 53.5 Å². The summed E-state index contributed by atoms with van der Waals surface area (Å²) in [6, 6.07) is 14.3. The predicted molar refractivity (Wildman–Crippen MR) is 188 cm³/mol. The van der Waals surface area contributed by atoms with E-state index in [0.717, 1.165) is 12.1 Å². The highest BCUT2D eigenvalue weighted by molar-refractivity contribution is 6.35. The normalized spacial score (nSPS) is 13.6. The fraction of sp³-hybridized carbons (Fsp3) is 0.250. The number of carbonyl (C=O) groups excluding carboxylic acids is 2. The molecule has 18 heteroatoms. The molecule has 0 bridgehead atoms. The summed E-state index contributed by atoms with van der Waals surface area (Å²) in [6.45, 7) is 1.56. The second kappa shape index (κ2) is 14.5. The molecule has 3 aromatic heterocycles. The van der Waals surface area contributed by atoms with Crippen molar-refractivity contribution in [3.05, 3.63) is 118 Å². The zero-order valence-corrected chi connectivity index (χ0v) is 29.8. The number of nitrogens with zero attached hydrogens (tertiary/aromatic N) is 6. The van der Waals surface area contributed by atoms with Crippen molar-refractivity contribution in [2.75, 3.05) is 6.61 Å². The number of pyridine rings is 1. The Bertz CT molecular complexity index is 2250. The van der Waals surface area contributed by atoms with Crippen LogP contribution in [0.15, 0.2) is 91.6 Å². The van der Waals surface area contributed by atoms with Crippen LogP contribution in [0.4, 0.5) is 26.3 Å². The molecule has 2 atom stereocenters. The number of nitrogens with two attached hydrogens (primary N) is 1. The second-order valence-corrected chi connectivity index (χ2v) is 13.2. The lowest BCUT2D eigenvalue weighted by Gasteiger charge is -2.44. The molecule has 0 aliphatic carbocycles. The highest BCUT2D eigenvalue weighted by Gasteiger charge is 2.51. The van der Waals surface area contributed by atoms with Crippen molar-refractivity contribution in [1.29, 1.82) is 0 Å². The first-order valence-corrected chi connectivity index (χ1v) is 16.9. The Morgan fingerprint density at radius 3 is 1.76 bits per heavy atom. The summed E-state index contributed by atoms with van der Waals surface area (Å²) >= 11 is 13.5. The lowest BCUT2D eigenvalue weighted by atomic mass is 9.95. The van der Waals surface area contributed by atoms with E-state index in [1.807, 2.05) is 0 Å². The minimum Gasteiger partial charge on any atom is -0.468 e. The molecule has 10 nitrogen and oxygen atoms in total. The molecule has 0 radical (unpaired) electrons. The highest BCUT2D eigenvalue weighted by Crippen LogP contribution is 2.42. The average molecular weight is 793 g/mol. The first kappa shape index (κ1) is 38.4. The Hall–Kier alpha value is -5.35. The van der Waals surface area contributed by atoms with Crippen LogP contribution in [0, 0.1) is 0 Å². The predicted octanol–water partition coefficient (Wildman–Crippen LogP) is 8.48. The molecule has 2 N–H and O–H groups in total. The van der Waals surface area contributed by atoms with Gasteiger partial charge in [-0.25, -0.2) is 15.0 Å². The van der Waals surface area contributed by atoms with Crippen molar-refractivity contribution in [1.82, 2.24) is 29.0 Å². The largest absolute Gasteiger partial charge is 0.468 e. The molecule has 0 aliphatic rings. The van der Waals surface area contributed by atoms with E-state index in [1.54, 1.807) is 50.2 Å². The number of benzene rings is 3. The molecule has 54 heavy (non-hydrogen) atoms. The average Bonchev–Trinajstić information content (AvgIpc) is 3.76. The number of primary amides is 1. The fourth-order valence-electron chi connectivity index (χ4n) is 6.47. The quantitative estimate of drug-likeness (QED) is 0.132. The van der Waals surface area contributed by atoms with Crippen molar-refractivity contribution in [2.24, 2.45) is 5.73 Å². The van der Waals surface area contributed by atoms with E-state index in [2.05, 4.69) is 15.0 Å². The molecule has 282 valence electrons. The molecule has 0 aliphatic heterocycles. The van der Waals surface area contributed by atoms with Crippen molar-refractivity contribution < 1.29 is 40.7 Å². The number of ether oxygens (including phenoxy) is 1. The van der Waals surface area contributed by atoms with Crippen LogP contribution in [0.2, 0.25) is 10.0 Å². The highest BCUT2D eigenvalue weighted by atomic mass is 35.5. The zero-order chi connectivity index (χ0) is 39.2. The van der Waals surface area contributed by atoms with Gasteiger partial charge in [0, 0.05) is 12.3 Å². The van der Waals surface area contributed by atoms with Crippen LogP contribution in [0.1, 0.15) is 49.0 Å². The third-order valence-electron chi connectivity index (χ3n) is 9.01. The van der Waals surface area contributed by atoms with E-state index in [4.69, 9.17) is 33.7 Å². The Balaban J connectivity index is 1.61. The second-order valence-electron chi connectivity index (χ2n) is 12.4. The number of imidazole rings is 2. The Morgan fingerprint density at radius 2 is 1.30 bits per heavy atom. The van der Waals surface area contributed by atoms with Crippen LogP contribution in [-0.2, 0) is 21.4 Å². The van der Waals surface area contributed by atoms with E-state index in [9.17, 15) is 31.1 Å². The van der Waals surface area contributed by atoms with Gasteiger partial charge in [-0.15, -0.1) is 0 Å². The molecular weight excluding hydrogens is 763 g/mol. The van der Waals surface area contributed by atoms with E-state index < -0.39 is 60.5 Å². The van der Waals surface area contributed by atoms with Gasteiger partial charge >= 0.3 is 12.4 Å². The Morgan fingerprint density at radius 1 is 0.778 bits per heavy atom. The van der Waals surface area contributed by atoms with Gasteiger partial charge < -0.3 is 15.4 Å². The molecule has 0 fully saturated rings. The monoisotopic (exact) mass is 791 g/mol. The SMILES string of the molecule is CC(c1ccc(C(F)(F)F)cc1)N(C(=O)C(CC(N)=O)(n1cnc2cccc(Cl)c21)n1cnc2cccc(Cl)c21)C(C)c1ccc(OCC(F)(F)F)nc1. The van der Waals surface area contributed by atoms with Crippen LogP contribution in [-0.4, -0.2) is 53.6 Å². The smallest absolute Gasteiger partial charge is 0.422 e. The summed E-state index contributed by atoms with van der Waals surface area (Å²) < 4.78 is 86.8. The number of carbonyl (C=O) groups is 2. The molecule has 2 amide bonds. The van der Waals surface area contributed by atoms with Crippen molar-refractivity contribution in [3.8, 4) is 5.88 Å². The number of fused-ring (bicyclic) bond motifs is 2. The van der Waals surface area contributed by atoms with Gasteiger partial charge in [0.25, 0.3) is 5.91 Å². The third-order valence-corrected chi connectivity index (χ3v) is 9.62. The maximum Gasteiger partial charge on any atom is 0.422 e. The summed E-state index contributed by atoms with van der Waals surface area (Å²) in [5.74, 6) is -2.13. The number of aromatic nitrogens is 5. The third kappa shape index (κ3) is 7.27. The van der Waals surface area contributed by atoms with Gasteiger partial charge in [-0.3, -0.25) is 18.7 Å². The molecule has 0 saturated heterocycles. The zero-order valence-electron chi connectivity index (χ0n) is 28.2. The molecule has 6 aromatic rings. The number of hydrogen-bond donors (Lipinski definition) is 1.